The van der Waals surface area contributed by atoms with E-state index >= 15 is 0 Å². The van der Waals surface area contributed by atoms with Crippen molar-refractivity contribution in [3.63, 3.8) is 0 Å². The smallest absolute Gasteiger partial charge is 0.258 e. The Morgan fingerprint density at radius 1 is 1.04 bits per heavy atom. The standard InChI is InChI=1S/C21H28N2O2/c1-21(2,3)18-12-8-9-13-19(18)25-16-20(24)22-14-15-23(4)17-10-6-5-7-11-17/h5-13H,14-16H2,1-4H3,(H,22,24). The van der Waals surface area contributed by atoms with E-state index in [9.17, 15) is 4.79 Å². The second-order valence-electron chi connectivity index (χ2n) is 7.14. The first-order valence-electron chi connectivity index (χ1n) is 8.63. The number of hydrogen-bond acceptors (Lipinski definition) is 3. The summed E-state index contributed by atoms with van der Waals surface area (Å²) in [5.41, 5.74) is 2.21. The fraction of sp³-hybridized carbons (Fsp3) is 0.381. The van der Waals surface area contributed by atoms with Crippen LogP contribution >= 0.6 is 0 Å². The number of nitrogens with zero attached hydrogens (tertiary/aromatic N) is 1. The molecule has 25 heavy (non-hydrogen) atoms. The van der Waals surface area contributed by atoms with Gasteiger partial charge in [0, 0.05) is 25.8 Å². The Bertz CT molecular complexity index is 678. The zero-order chi connectivity index (χ0) is 18.3. The fourth-order valence-corrected chi connectivity index (χ4v) is 2.58. The summed E-state index contributed by atoms with van der Waals surface area (Å²) in [6.07, 6.45) is 0. The van der Waals surface area contributed by atoms with Gasteiger partial charge in [0.15, 0.2) is 6.61 Å². The molecule has 2 aromatic rings. The van der Waals surface area contributed by atoms with Crippen molar-refractivity contribution in [1.82, 2.24) is 5.32 Å². The minimum atomic E-state index is -0.106. The van der Waals surface area contributed by atoms with Crippen molar-refractivity contribution in [2.24, 2.45) is 0 Å². The highest BCUT2D eigenvalue weighted by molar-refractivity contribution is 5.77. The lowest BCUT2D eigenvalue weighted by Crippen LogP contribution is -2.35. The van der Waals surface area contributed by atoms with E-state index in [1.807, 2.05) is 61.6 Å². The molecule has 1 N–H and O–H groups in total. The number of amides is 1. The van der Waals surface area contributed by atoms with Crippen LogP contribution in [0.3, 0.4) is 0 Å². The zero-order valence-electron chi connectivity index (χ0n) is 15.6. The average Bonchev–Trinajstić information content (AvgIpc) is 2.60. The van der Waals surface area contributed by atoms with E-state index in [0.29, 0.717) is 6.54 Å². The molecule has 0 unspecified atom stereocenters. The summed E-state index contributed by atoms with van der Waals surface area (Å²) >= 11 is 0. The summed E-state index contributed by atoms with van der Waals surface area (Å²) in [5, 5.41) is 2.91. The van der Waals surface area contributed by atoms with Crippen molar-refractivity contribution in [1.29, 1.82) is 0 Å². The van der Waals surface area contributed by atoms with Gasteiger partial charge in [-0.05, 0) is 29.2 Å². The molecule has 0 heterocycles. The number of benzene rings is 2. The summed E-state index contributed by atoms with van der Waals surface area (Å²) in [6.45, 7) is 7.75. The lowest BCUT2D eigenvalue weighted by molar-refractivity contribution is -0.123. The van der Waals surface area contributed by atoms with Crippen molar-refractivity contribution in [3.05, 3.63) is 60.2 Å². The topological polar surface area (TPSA) is 41.6 Å². The lowest BCUT2D eigenvalue weighted by Gasteiger charge is -2.22. The molecular formula is C21H28N2O2. The summed E-state index contributed by atoms with van der Waals surface area (Å²) in [7, 11) is 2.01. The fourth-order valence-electron chi connectivity index (χ4n) is 2.58. The van der Waals surface area contributed by atoms with Crippen LogP contribution < -0.4 is 15.0 Å². The van der Waals surface area contributed by atoms with Gasteiger partial charge in [-0.2, -0.15) is 0 Å². The van der Waals surface area contributed by atoms with E-state index in [0.717, 1.165) is 23.5 Å². The molecule has 0 aliphatic rings. The quantitative estimate of drug-likeness (QED) is 0.837. The molecule has 0 aromatic heterocycles. The number of carbonyl (C=O) groups is 1. The predicted octanol–water partition coefficient (Wildman–Crippen LogP) is 3.62. The molecule has 4 nitrogen and oxygen atoms in total. The van der Waals surface area contributed by atoms with Crippen LogP contribution in [0.1, 0.15) is 26.3 Å². The van der Waals surface area contributed by atoms with Crippen LogP contribution in [0.25, 0.3) is 0 Å². The first kappa shape index (κ1) is 18.8. The van der Waals surface area contributed by atoms with Gasteiger partial charge in [-0.15, -0.1) is 0 Å². The maximum atomic E-state index is 12.0. The minimum absolute atomic E-state index is 0.0224. The van der Waals surface area contributed by atoms with Crippen LogP contribution in [0.4, 0.5) is 5.69 Å². The SMILES string of the molecule is CN(CCNC(=O)COc1ccccc1C(C)(C)C)c1ccccc1. The first-order chi connectivity index (χ1) is 11.9. The number of rotatable bonds is 7. The molecule has 0 aliphatic carbocycles. The number of likely N-dealkylation sites (N-methyl/N-ethyl adjacent to an activating group) is 1. The molecule has 2 aromatic carbocycles. The Hall–Kier alpha value is -2.49. The summed E-state index contributed by atoms with van der Waals surface area (Å²) in [6, 6.07) is 18.0. The van der Waals surface area contributed by atoms with Gasteiger partial charge in [-0.1, -0.05) is 57.2 Å². The van der Waals surface area contributed by atoms with Crippen molar-refractivity contribution >= 4 is 11.6 Å². The molecule has 134 valence electrons. The second kappa shape index (κ2) is 8.56. The molecule has 0 atom stereocenters. The monoisotopic (exact) mass is 340 g/mol. The normalized spacial score (nSPS) is 11.0. The van der Waals surface area contributed by atoms with Gasteiger partial charge in [-0.25, -0.2) is 0 Å². The van der Waals surface area contributed by atoms with Crippen LogP contribution in [0.2, 0.25) is 0 Å². The molecule has 0 saturated heterocycles. The second-order valence-corrected chi connectivity index (χ2v) is 7.14. The number of nitrogens with one attached hydrogen (secondary N) is 1. The number of hydrogen-bond donors (Lipinski definition) is 1. The van der Waals surface area contributed by atoms with E-state index in [-0.39, 0.29) is 17.9 Å². The third-order valence-corrected chi connectivity index (χ3v) is 4.02. The van der Waals surface area contributed by atoms with Gasteiger partial charge < -0.3 is 15.0 Å². The molecule has 0 spiro atoms. The van der Waals surface area contributed by atoms with Gasteiger partial charge in [0.25, 0.3) is 5.91 Å². The highest BCUT2D eigenvalue weighted by atomic mass is 16.5. The molecule has 0 aliphatic heterocycles. The van der Waals surface area contributed by atoms with Gasteiger partial charge in [0.1, 0.15) is 5.75 Å². The summed E-state index contributed by atoms with van der Waals surface area (Å²) in [5.74, 6) is 0.664. The summed E-state index contributed by atoms with van der Waals surface area (Å²) < 4.78 is 5.74. The van der Waals surface area contributed by atoms with Gasteiger partial charge in [0.05, 0.1) is 0 Å². The van der Waals surface area contributed by atoms with E-state index in [1.54, 1.807) is 0 Å². The van der Waals surface area contributed by atoms with Crippen LogP contribution in [0, 0.1) is 0 Å². The Kier molecular flexibility index (Phi) is 6.45. The van der Waals surface area contributed by atoms with Crippen molar-refractivity contribution in [3.8, 4) is 5.75 Å². The van der Waals surface area contributed by atoms with E-state index in [4.69, 9.17) is 4.74 Å². The third kappa shape index (κ3) is 5.82. The number of para-hydroxylation sites is 2. The molecule has 2 rings (SSSR count). The van der Waals surface area contributed by atoms with E-state index < -0.39 is 0 Å². The molecular weight excluding hydrogens is 312 g/mol. The van der Waals surface area contributed by atoms with Crippen molar-refractivity contribution < 1.29 is 9.53 Å². The van der Waals surface area contributed by atoms with Gasteiger partial charge >= 0.3 is 0 Å². The third-order valence-electron chi connectivity index (χ3n) is 4.02. The average molecular weight is 340 g/mol. The molecule has 1 amide bonds. The Balaban J connectivity index is 1.78. The molecule has 0 bridgehead atoms. The van der Waals surface area contributed by atoms with Gasteiger partial charge in [0.2, 0.25) is 0 Å². The Labute approximate surface area is 150 Å². The van der Waals surface area contributed by atoms with Crippen LogP contribution in [-0.2, 0) is 10.2 Å². The number of carbonyl (C=O) groups excluding carboxylic acids is 1. The first-order valence-corrected chi connectivity index (χ1v) is 8.63. The summed E-state index contributed by atoms with van der Waals surface area (Å²) in [4.78, 5) is 14.1. The van der Waals surface area contributed by atoms with Crippen LogP contribution in [0.5, 0.6) is 5.75 Å². The number of anilines is 1. The lowest BCUT2D eigenvalue weighted by atomic mass is 9.86. The molecule has 0 saturated carbocycles. The maximum absolute atomic E-state index is 12.0. The van der Waals surface area contributed by atoms with Crippen LogP contribution in [0.15, 0.2) is 54.6 Å². The largest absolute Gasteiger partial charge is 0.483 e. The van der Waals surface area contributed by atoms with Crippen molar-refractivity contribution in [2.75, 3.05) is 31.6 Å². The van der Waals surface area contributed by atoms with Crippen molar-refractivity contribution in [2.45, 2.75) is 26.2 Å². The number of ether oxygens (including phenoxy) is 1. The van der Waals surface area contributed by atoms with Crippen LogP contribution in [-0.4, -0.2) is 32.7 Å². The van der Waals surface area contributed by atoms with E-state index in [1.165, 1.54) is 0 Å². The maximum Gasteiger partial charge on any atom is 0.258 e. The van der Waals surface area contributed by atoms with E-state index in [2.05, 4.69) is 31.0 Å². The highest BCUT2D eigenvalue weighted by Gasteiger charge is 2.18. The van der Waals surface area contributed by atoms with Gasteiger partial charge in [-0.3, -0.25) is 4.79 Å². The molecule has 0 radical (unpaired) electrons. The Morgan fingerprint density at radius 3 is 2.36 bits per heavy atom. The molecule has 4 heteroatoms. The Morgan fingerprint density at radius 2 is 1.68 bits per heavy atom. The minimum Gasteiger partial charge on any atom is -0.483 e. The predicted molar refractivity (Wildman–Crippen MR) is 103 cm³/mol. The zero-order valence-corrected chi connectivity index (χ0v) is 15.6. The molecule has 0 fully saturated rings. The highest BCUT2D eigenvalue weighted by Crippen LogP contribution is 2.30.